The minimum absolute atomic E-state index is 0.197. The van der Waals surface area contributed by atoms with E-state index in [1.807, 2.05) is 12.1 Å². The minimum Gasteiger partial charge on any atom is -0.398 e. The van der Waals surface area contributed by atoms with Crippen LogP contribution in [0.25, 0.3) is 5.57 Å². The number of hydrogen-bond donors (Lipinski definition) is 2. The highest BCUT2D eigenvalue weighted by Gasteiger charge is 2.09. The number of nitrogens with two attached hydrogens (primary N) is 1. The van der Waals surface area contributed by atoms with Crippen LogP contribution in [-0.2, 0) is 6.42 Å². The Morgan fingerprint density at radius 2 is 2.12 bits per heavy atom. The molecule has 1 aromatic carbocycles. The summed E-state index contributed by atoms with van der Waals surface area (Å²) in [6.07, 6.45) is 7.86. The molecule has 2 rings (SSSR count). The summed E-state index contributed by atoms with van der Waals surface area (Å²) in [5, 5.41) is 8.94. The summed E-state index contributed by atoms with van der Waals surface area (Å²) >= 11 is 0. The molecule has 0 atom stereocenters. The van der Waals surface area contributed by atoms with Crippen molar-refractivity contribution >= 4 is 11.3 Å². The topological polar surface area (TPSA) is 46.2 Å². The van der Waals surface area contributed by atoms with E-state index in [9.17, 15) is 0 Å². The van der Waals surface area contributed by atoms with Crippen LogP contribution in [0.5, 0.6) is 0 Å². The third-order valence-corrected chi connectivity index (χ3v) is 3.16. The Morgan fingerprint density at radius 3 is 2.81 bits per heavy atom. The predicted molar refractivity (Wildman–Crippen MR) is 68.1 cm³/mol. The van der Waals surface area contributed by atoms with Gasteiger partial charge in [-0.3, -0.25) is 0 Å². The van der Waals surface area contributed by atoms with Gasteiger partial charge in [0.2, 0.25) is 0 Å². The summed E-state index contributed by atoms with van der Waals surface area (Å²) in [4.78, 5) is 0. The fraction of sp³-hybridized carbons (Fsp3) is 0.429. The highest BCUT2D eigenvalue weighted by atomic mass is 16.2. The average molecular weight is 217 g/mol. The number of aliphatic hydroxyl groups is 1. The molecule has 0 fully saturated rings. The number of anilines is 1. The lowest BCUT2D eigenvalue weighted by atomic mass is 9.91. The first-order valence-corrected chi connectivity index (χ1v) is 6.00. The third-order valence-electron chi connectivity index (χ3n) is 3.16. The smallest absolute Gasteiger partial charge is 0.0471 e. The monoisotopic (exact) mass is 217 g/mol. The Bertz CT molecular complexity index is 396. The van der Waals surface area contributed by atoms with E-state index in [0.717, 1.165) is 17.7 Å². The average Bonchev–Trinajstić information content (AvgIpc) is 2.33. The van der Waals surface area contributed by atoms with E-state index >= 15 is 0 Å². The molecule has 0 spiro atoms. The number of hydrogen-bond acceptors (Lipinski definition) is 2. The van der Waals surface area contributed by atoms with Gasteiger partial charge in [0.1, 0.15) is 0 Å². The lowest BCUT2D eigenvalue weighted by Gasteiger charge is -2.15. The van der Waals surface area contributed by atoms with Crippen molar-refractivity contribution in [1.82, 2.24) is 0 Å². The predicted octanol–water partition coefficient (Wildman–Crippen LogP) is 2.76. The lowest BCUT2D eigenvalue weighted by Crippen LogP contribution is -2.00. The van der Waals surface area contributed by atoms with Crippen molar-refractivity contribution in [2.24, 2.45) is 0 Å². The number of benzene rings is 1. The van der Waals surface area contributed by atoms with Crippen LogP contribution >= 0.6 is 0 Å². The highest BCUT2D eigenvalue weighted by molar-refractivity contribution is 5.76. The zero-order chi connectivity index (χ0) is 11.4. The van der Waals surface area contributed by atoms with Crippen LogP contribution < -0.4 is 5.73 Å². The van der Waals surface area contributed by atoms with Crippen molar-refractivity contribution in [2.45, 2.75) is 32.1 Å². The molecule has 1 aliphatic rings. The maximum absolute atomic E-state index is 8.94. The van der Waals surface area contributed by atoms with Gasteiger partial charge in [-0.1, -0.05) is 12.1 Å². The summed E-state index contributed by atoms with van der Waals surface area (Å²) in [7, 11) is 0. The van der Waals surface area contributed by atoms with Crippen molar-refractivity contribution in [2.75, 3.05) is 12.3 Å². The van der Waals surface area contributed by atoms with E-state index in [1.54, 1.807) is 0 Å². The molecule has 0 amide bonds. The zero-order valence-electron chi connectivity index (χ0n) is 9.58. The Balaban J connectivity index is 2.30. The standard InChI is InChI=1S/C14H19NO/c15-14-7-6-11(8-9-16)10-13(14)12-4-2-1-3-5-12/h4,6-7,10,16H,1-3,5,8-9,15H2. The Morgan fingerprint density at radius 1 is 1.25 bits per heavy atom. The molecule has 0 bridgehead atoms. The second kappa shape index (κ2) is 5.17. The first-order chi connectivity index (χ1) is 7.81. The van der Waals surface area contributed by atoms with Gasteiger partial charge in [-0.15, -0.1) is 0 Å². The molecule has 0 aliphatic heterocycles. The van der Waals surface area contributed by atoms with Crippen LogP contribution in [0.3, 0.4) is 0 Å². The number of nitrogen functional groups attached to an aromatic ring is 1. The molecule has 2 nitrogen and oxygen atoms in total. The highest BCUT2D eigenvalue weighted by Crippen LogP contribution is 2.30. The van der Waals surface area contributed by atoms with Crippen LogP contribution in [0, 0.1) is 0 Å². The van der Waals surface area contributed by atoms with Crippen molar-refractivity contribution in [3.8, 4) is 0 Å². The summed E-state index contributed by atoms with van der Waals surface area (Å²) in [5.74, 6) is 0. The summed E-state index contributed by atoms with van der Waals surface area (Å²) in [6.45, 7) is 0.197. The van der Waals surface area contributed by atoms with E-state index in [0.29, 0.717) is 6.42 Å². The molecule has 0 heterocycles. The van der Waals surface area contributed by atoms with Crippen LogP contribution in [0.2, 0.25) is 0 Å². The molecule has 86 valence electrons. The van der Waals surface area contributed by atoms with Gasteiger partial charge in [-0.05, 0) is 55.4 Å². The molecule has 0 unspecified atom stereocenters. The largest absolute Gasteiger partial charge is 0.398 e. The third kappa shape index (κ3) is 2.45. The molecular weight excluding hydrogens is 198 g/mol. The lowest BCUT2D eigenvalue weighted by molar-refractivity contribution is 0.299. The molecular formula is C14H19NO. The van der Waals surface area contributed by atoms with Gasteiger partial charge >= 0.3 is 0 Å². The van der Waals surface area contributed by atoms with E-state index < -0.39 is 0 Å². The van der Waals surface area contributed by atoms with Crippen LogP contribution in [0.1, 0.15) is 36.8 Å². The normalized spacial score (nSPS) is 15.9. The SMILES string of the molecule is Nc1ccc(CCO)cc1C1=CCCCC1. The van der Waals surface area contributed by atoms with Crippen molar-refractivity contribution in [1.29, 1.82) is 0 Å². The molecule has 0 saturated heterocycles. The summed E-state index contributed by atoms with van der Waals surface area (Å²) in [6, 6.07) is 6.08. The second-order valence-electron chi connectivity index (χ2n) is 4.37. The Labute approximate surface area is 96.8 Å². The molecule has 1 aliphatic carbocycles. The van der Waals surface area contributed by atoms with Crippen molar-refractivity contribution in [3.63, 3.8) is 0 Å². The van der Waals surface area contributed by atoms with Gasteiger partial charge in [-0.2, -0.15) is 0 Å². The van der Waals surface area contributed by atoms with Gasteiger partial charge in [0, 0.05) is 17.9 Å². The maximum atomic E-state index is 8.94. The van der Waals surface area contributed by atoms with E-state index in [4.69, 9.17) is 10.8 Å². The quantitative estimate of drug-likeness (QED) is 0.765. The van der Waals surface area contributed by atoms with Gasteiger partial charge in [-0.25, -0.2) is 0 Å². The molecule has 16 heavy (non-hydrogen) atoms. The molecule has 1 aromatic rings. The molecule has 2 heteroatoms. The van der Waals surface area contributed by atoms with Gasteiger partial charge < -0.3 is 10.8 Å². The first kappa shape index (κ1) is 11.2. The Kier molecular flexibility index (Phi) is 3.62. The molecule has 0 aromatic heterocycles. The van der Waals surface area contributed by atoms with E-state index in [-0.39, 0.29) is 6.61 Å². The number of allylic oxidation sites excluding steroid dienone is 2. The molecule has 0 saturated carbocycles. The molecule has 3 N–H and O–H groups in total. The first-order valence-electron chi connectivity index (χ1n) is 6.00. The number of rotatable bonds is 3. The maximum Gasteiger partial charge on any atom is 0.0471 e. The van der Waals surface area contributed by atoms with Gasteiger partial charge in [0.15, 0.2) is 0 Å². The zero-order valence-corrected chi connectivity index (χ0v) is 9.58. The van der Waals surface area contributed by atoms with Crippen molar-refractivity contribution in [3.05, 3.63) is 35.4 Å². The van der Waals surface area contributed by atoms with Crippen LogP contribution in [0.4, 0.5) is 5.69 Å². The Hall–Kier alpha value is -1.28. The molecule has 0 radical (unpaired) electrons. The second-order valence-corrected chi connectivity index (χ2v) is 4.37. The van der Waals surface area contributed by atoms with Crippen molar-refractivity contribution < 1.29 is 5.11 Å². The van der Waals surface area contributed by atoms with E-state index in [2.05, 4.69) is 12.1 Å². The summed E-state index contributed by atoms with van der Waals surface area (Å²) < 4.78 is 0. The summed E-state index contributed by atoms with van der Waals surface area (Å²) in [5.41, 5.74) is 10.6. The van der Waals surface area contributed by atoms with E-state index in [1.165, 1.54) is 30.4 Å². The number of aliphatic hydroxyl groups excluding tert-OH is 1. The van der Waals surface area contributed by atoms with Gasteiger partial charge in [0.05, 0.1) is 0 Å². The van der Waals surface area contributed by atoms with Gasteiger partial charge in [0.25, 0.3) is 0 Å². The van der Waals surface area contributed by atoms with Crippen LogP contribution in [-0.4, -0.2) is 11.7 Å². The van der Waals surface area contributed by atoms with Crippen LogP contribution in [0.15, 0.2) is 24.3 Å². The minimum atomic E-state index is 0.197. The fourth-order valence-electron chi connectivity index (χ4n) is 2.25. The fourth-order valence-corrected chi connectivity index (χ4v) is 2.25.